The molecule has 5 aliphatic carbocycles. The highest BCUT2D eigenvalue weighted by Crippen LogP contribution is 2.81. The summed E-state index contributed by atoms with van der Waals surface area (Å²) >= 11 is 0. The molecule has 0 heterocycles. The lowest BCUT2D eigenvalue weighted by Gasteiger charge is -2.76. The largest absolute Gasteiger partial charge is 0.378 e. The van der Waals surface area contributed by atoms with Gasteiger partial charge in [-0.1, -0.05) is 53.7 Å². The average Bonchev–Trinajstić information content (AvgIpc) is 3.25. The molecule has 5 fully saturated rings. The Bertz CT molecular complexity index is 1080. The van der Waals surface area contributed by atoms with Gasteiger partial charge in [-0.2, -0.15) is 10.5 Å². The second-order valence-corrected chi connectivity index (χ2v) is 15.8. The third-order valence-corrected chi connectivity index (χ3v) is 15.0. The third-order valence-electron chi connectivity index (χ3n) is 15.0. The summed E-state index contributed by atoms with van der Waals surface area (Å²) in [4.78, 5) is 0. The predicted octanol–water partition coefficient (Wildman–Crippen LogP) is 7.17. The molecular weight excluding hydrogens is 456 g/mol. The van der Waals surface area contributed by atoms with Crippen LogP contribution >= 0.6 is 0 Å². The second kappa shape index (κ2) is 7.86. The number of aliphatic hydroxyl groups is 2. The minimum Gasteiger partial charge on any atom is -0.378 e. The first-order valence-corrected chi connectivity index (χ1v) is 14.9. The Morgan fingerprint density at radius 3 is 2.05 bits per heavy atom. The maximum Gasteiger partial charge on any atom is 0.156 e. The van der Waals surface area contributed by atoms with E-state index in [-0.39, 0.29) is 33.0 Å². The van der Waals surface area contributed by atoms with Gasteiger partial charge in [-0.25, -0.2) is 0 Å². The standard InChI is InChI=1S/C33H50N2O2/c1-21(2)22-9-14-32(25(36)19-34)17-16-31(8)29(6)12-10-23-27(3,4)33(37,20-35)18-15-28(23,5)24(29)11-13-30(31,7)26(22)32/h22-26,36-37H,1,9-18H2,2-8H3/t22-,23-,24+,25?,26+,28-,29+,30+,31-,32+,33?/m0/s1. The van der Waals surface area contributed by atoms with Crippen LogP contribution in [0.4, 0.5) is 0 Å². The third kappa shape index (κ3) is 2.91. The average molecular weight is 507 g/mol. The molecule has 0 radical (unpaired) electrons. The Balaban J connectivity index is 1.61. The van der Waals surface area contributed by atoms with E-state index in [1.54, 1.807) is 0 Å². The molecular formula is C33H50N2O2. The summed E-state index contributed by atoms with van der Waals surface area (Å²) in [7, 11) is 0. The van der Waals surface area contributed by atoms with Gasteiger partial charge in [-0.05, 0) is 116 Å². The molecule has 0 bridgehead atoms. The predicted molar refractivity (Wildman–Crippen MR) is 146 cm³/mol. The number of hydrogen-bond acceptors (Lipinski definition) is 4. The Labute approximate surface area is 225 Å². The molecule has 0 aromatic rings. The lowest BCUT2D eigenvalue weighted by molar-refractivity contribution is -0.286. The molecule has 0 amide bonds. The summed E-state index contributed by atoms with van der Waals surface area (Å²) in [6.45, 7) is 21.0. The first-order chi connectivity index (χ1) is 17.0. The van der Waals surface area contributed by atoms with Gasteiger partial charge in [0.15, 0.2) is 5.60 Å². The van der Waals surface area contributed by atoms with Crippen LogP contribution in [-0.4, -0.2) is 21.9 Å². The number of hydrogen-bond donors (Lipinski definition) is 2. The van der Waals surface area contributed by atoms with Crippen LogP contribution in [0.25, 0.3) is 0 Å². The zero-order valence-corrected chi connectivity index (χ0v) is 24.5. The zero-order chi connectivity index (χ0) is 27.4. The number of aliphatic hydroxyl groups excluding tert-OH is 1. The molecule has 2 N–H and O–H groups in total. The van der Waals surface area contributed by atoms with Gasteiger partial charge in [0, 0.05) is 10.8 Å². The van der Waals surface area contributed by atoms with Crippen molar-refractivity contribution >= 4 is 0 Å². The van der Waals surface area contributed by atoms with E-state index in [4.69, 9.17) is 0 Å². The molecule has 0 aliphatic heterocycles. The Kier molecular flexibility index (Phi) is 5.78. The molecule has 37 heavy (non-hydrogen) atoms. The number of nitrogens with zero attached hydrogens (tertiary/aromatic N) is 2. The molecule has 5 aliphatic rings. The Morgan fingerprint density at radius 1 is 0.838 bits per heavy atom. The number of nitriles is 2. The van der Waals surface area contributed by atoms with Crippen LogP contribution in [0, 0.1) is 78.8 Å². The maximum atomic E-state index is 11.4. The smallest absolute Gasteiger partial charge is 0.156 e. The summed E-state index contributed by atoms with van der Waals surface area (Å²) in [6, 6.07) is 4.61. The van der Waals surface area contributed by atoms with Crippen LogP contribution in [0.3, 0.4) is 0 Å². The van der Waals surface area contributed by atoms with E-state index in [0.717, 1.165) is 57.8 Å². The van der Waals surface area contributed by atoms with Gasteiger partial charge in [0.25, 0.3) is 0 Å². The zero-order valence-electron chi connectivity index (χ0n) is 24.5. The first-order valence-electron chi connectivity index (χ1n) is 14.9. The van der Waals surface area contributed by atoms with Crippen molar-refractivity contribution in [2.24, 2.45) is 56.2 Å². The van der Waals surface area contributed by atoms with E-state index in [1.165, 1.54) is 5.57 Å². The molecule has 0 spiro atoms. The van der Waals surface area contributed by atoms with Crippen molar-refractivity contribution in [3.8, 4) is 12.1 Å². The van der Waals surface area contributed by atoms with Gasteiger partial charge in [0.1, 0.15) is 6.10 Å². The van der Waals surface area contributed by atoms with E-state index in [9.17, 15) is 20.7 Å². The van der Waals surface area contributed by atoms with Crippen LogP contribution in [0.5, 0.6) is 0 Å². The second-order valence-electron chi connectivity index (χ2n) is 15.8. The van der Waals surface area contributed by atoms with Gasteiger partial charge in [0.05, 0.1) is 12.1 Å². The maximum absolute atomic E-state index is 11.4. The van der Waals surface area contributed by atoms with Gasteiger partial charge in [-0.3, -0.25) is 0 Å². The molecule has 5 rings (SSSR count). The summed E-state index contributed by atoms with van der Waals surface area (Å²) in [5.41, 5.74) is -0.464. The SMILES string of the molecule is C=C(C)[C@@H]1CC[C@]2(C(O)C#N)CC[C@@]3(C)[C@]4(C)CC[C@H]5C(C)(C)C(O)(C#N)CC[C@]5(C)[C@H]4CC[C@]3(C)[C@@H]12. The topological polar surface area (TPSA) is 88.0 Å². The van der Waals surface area contributed by atoms with Gasteiger partial charge in [0.2, 0.25) is 0 Å². The highest BCUT2D eigenvalue weighted by molar-refractivity contribution is 5.28. The molecule has 2 unspecified atom stereocenters. The Morgan fingerprint density at radius 2 is 1.46 bits per heavy atom. The van der Waals surface area contributed by atoms with E-state index < -0.39 is 17.1 Å². The highest BCUT2D eigenvalue weighted by Gasteiger charge is 2.76. The fraction of sp³-hybridized carbons (Fsp3) is 0.879. The normalized spacial score (nSPS) is 54.9. The lowest BCUT2D eigenvalue weighted by atomic mass is 9.28. The first kappa shape index (κ1) is 27.2. The molecule has 5 saturated carbocycles. The van der Waals surface area contributed by atoms with Crippen molar-refractivity contribution in [1.82, 2.24) is 0 Å². The van der Waals surface area contributed by atoms with Crippen LogP contribution in [0.2, 0.25) is 0 Å². The molecule has 4 nitrogen and oxygen atoms in total. The molecule has 0 aromatic heterocycles. The van der Waals surface area contributed by atoms with Gasteiger partial charge in [-0.15, -0.1) is 0 Å². The van der Waals surface area contributed by atoms with E-state index >= 15 is 0 Å². The Hall–Kier alpha value is -1.36. The summed E-state index contributed by atoms with van der Waals surface area (Å²) in [5.74, 6) is 1.50. The van der Waals surface area contributed by atoms with Crippen molar-refractivity contribution < 1.29 is 10.2 Å². The van der Waals surface area contributed by atoms with Crippen LogP contribution in [0.15, 0.2) is 12.2 Å². The van der Waals surface area contributed by atoms with Crippen LogP contribution in [-0.2, 0) is 0 Å². The van der Waals surface area contributed by atoms with Crippen LogP contribution < -0.4 is 0 Å². The lowest BCUT2D eigenvalue weighted by Crippen LogP contribution is -2.71. The van der Waals surface area contributed by atoms with Crippen molar-refractivity contribution in [2.45, 2.75) is 124 Å². The molecule has 11 atom stereocenters. The number of fused-ring (bicyclic) bond motifs is 7. The minimum atomic E-state index is -1.26. The van der Waals surface area contributed by atoms with Crippen molar-refractivity contribution in [3.63, 3.8) is 0 Å². The van der Waals surface area contributed by atoms with Crippen molar-refractivity contribution in [1.29, 1.82) is 10.5 Å². The highest BCUT2D eigenvalue weighted by atomic mass is 16.3. The molecule has 4 heteroatoms. The van der Waals surface area contributed by atoms with E-state index in [1.807, 2.05) is 0 Å². The number of allylic oxidation sites excluding steroid dienone is 1. The van der Waals surface area contributed by atoms with Crippen LogP contribution in [0.1, 0.15) is 113 Å². The van der Waals surface area contributed by atoms with Crippen molar-refractivity contribution in [3.05, 3.63) is 12.2 Å². The summed E-state index contributed by atoms with van der Waals surface area (Å²) in [6.07, 6.45) is 8.92. The van der Waals surface area contributed by atoms with E-state index in [2.05, 4.69) is 67.2 Å². The van der Waals surface area contributed by atoms with Crippen molar-refractivity contribution in [2.75, 3.05) is 0 Å². The summed E-state index contributed by atoms with van der Waals surface area (Å²) in [5, 5.41) is 42.5. The fourth-order valence-corrected chi connectivity index (χ4v) is 12.6. The monoisotopic (exact) mass is 506 g/mol. The molecule has 0 aromatic carbocycles. The summed E-state index contributed by atoms with van der Waals surface area (Å²) < 4.78 is 0. The van der Waals surface area contributed by atoms with Gasteiger partial charge < -0.3 is 10.2 Å². The minimum absolute atomic E-state index is 0.0230. The number of rotatable bonds is 2. The fourth-order valence-electron chi connectivity index (χ4n) is 12.6. The van der Waals surface area contributed by atoms with E-state index in [0.29, 0.717) is 24.2 Å². The van der Waals surface area contributed by atoms with Gasteiger partial charge >= 0.3 is 0 Å². The molecule has 0 saturated heterocycles. The quantitative estimate of drug-likeness (QED) is 0.307. The molecule has 204 valence electrons.